The molecule has 0 bridgehead atoms. The Kier molecular flexibility index (Phi) is 5.81. The number of rotatable bonds is 5. The molecule has 1 fully saturated rings. The number of aromatic nitrogens is 4. The van der Waals surface area contributed by atoms with Crippen molar-refractivity contribution in [2.45, 2.75) is 56.5 Å². The van der Waals surface area contributed by atoms with E-state index >= 15 is 0 Å². The molecule has 35 heavy (non-hydrogen) atoms. The summed E-state index contributed by atoms with van der Waals surface area (Å²) in [7, 11) is 6.07. The van der Waals surface area contributed by atoms with Gasteiger partial charge in [0.05, 0.1) is 46.7 Å². The fraction of sp³-hybridized carbons (Fsp3) is 0.400. The van der Waals surface area contributed by atoms with Crippen molar-refractivity contribution in [1.82, 2.24) is 19.7 Å². The SMILES string of the molecule is BC(B)(B)c1cc(-n2c(C(C)C)c([C@H]3CC[C@H](C(=O)O)CC3)c3nc4[nH]ncc4cc32)ccc1F. The number of nitrogens with one attached hydrogen (secondary N) is 1. The fourth-order valence-electron chi connectivity index (χ4n) is 5.71. The van der Waals surface area contributed by atoms with Crippen LogP contribution in [0.5, 0.6) is 0 Å². The normalized spacial score (nSPS) is 19.1. The maximum Gasteiger partial charge on any atom is 0.306 e. The molecule has 1 aliphatic carbocycles. The monoisotopic (exact) mass is 470 g/mol. The molecule has 2 N–H and O–H groups in total. The number of carboxylic acid groups (broad SMARTS) is 1. The minimum absolute atomic E-state index is 0.191. The molecule has 1 aromatic carbocycles. The number of carbonyl (C=O) groups is 1. The molecule has 0 unspecified atom stereocenters. The number of aromatic amines is 1. The van der Waals surface area contributed by atoms with Gasteiger partial charge in [-0.2, -0.15) is 5.10 Å². The molecule has 0 aliphatic heterocycles. The summed E-state index contributed by atoms with van der Waals surface area (Å²) >= 11 is 0. The molecule has 10 heteroatoms. The number of hydrogen-bond donors (Lipinski definition) is 2. The van der Waals surface area contributed by atoms with Gasteiger partial charge < -0.3 is 9.67 Å². The lowest BCUT2D eigenvalue weighted by molar-refractivity contribution is -0.142. The molecule has 3 aromatic heterocycles. The van der Waals surface area contributed by atoms with Crippen LogP contribution >= 0.6 is 0 Å². The second kappa shape index (κ2) is 8.57. The molecule has 6 nitrogen and oxygen atoms in total. The van der Waals surface area contributed by atoms with E-state index in [9.17, 15) is 14.3 Å². The van der Waals surface area contributed by atoms with Crippen LogP contribution in [0.2, 0.25) is 0 Å². The largest absolute Gasteiger partial charge is 0.481 e. The molecule has 178 valence electrons. The number of H-pyrrole nitrogens is 1. The van der Waals surface area contributed by atoms with Gasteiger partial charge >= 0.3 is 5.97 Å². The summed E-state index contributed by atoms with van der Waals surface area (Å²) in [5.41, 5.74) is 6.58. The Bertz CT molecular complexity index is 1430. The molecule has 0 saturated heterocycles. The van der Waals surface area contributed by atoms with Crippen LogP contribution in [-0.2, 0) is 9.91 Å². The lowest BCUT2D eigenvalue weighted by Crippen LogP contribution is -2.28. The van der Waals surface area contributed by atoms with Gasteiger partial charge in [-0.05, 0) is 67.3 Å². The predicted octanol–water partition coefficient (Wildman–Crippen LogP) is 2.53. The van der Waals surface area contributed by atoms with Gasteiger partial charge in [0.25, 0.3) is 0 Å². The Morgan fingerprint density at radius 1 is 1.20 bits per heavy atom. The average Bonchev–Trinajstić information content (AvgIpc) is 3.39. The first-order chi connectivity index (χ1) is 16.6. The van der Waals surface area contributed by atoms with E-state index in [-0.39, 0.29) is 28.7 Å². The van der Waals surface area contributed by atoms with Crippen LogP contribution in [0.3, 0.4) is 0 Å². The molecule has 0 spiro atoms. The highest BCUT2D eigenvalue weighted by Gasteiger charge is 2.33. The zero-order valence-corrected chi connectivity index (χ0v) is 21.0. The van der Waals surface area contributed by atoms with Crippen molar-refractivity contribution < 1.29 is 14.3 Å². The quantitative estimate of drug-likeness (QED) is 0.440. The summed E-state index contributed by atoms with van der Waals surface area (Å²) < 4.78 is 17.1. The molecule has 0 radical (unpaired) electrons. The number of fused-ring (bicyclic) bond motifs is 2. The predicted molar refractivity (Wildman–Crippen MR) is 144 cm³/mol. The zero-order valence-electron chi connectivity index (χ0n) is 21.0. The van der Waals surface area contributed by atoms with Crippen molar-refractivity contribution in [2.24, 2.45) is 5.92 Å². The number of halogens is 1. The molecule has 0 amide bonds. The third-order valence-corrected chi connectivity index (χ3v) is 7.47. The summed E-state index contributed by atoms with van der Waals surface area (Å²) in [6.45, 7) is 4.36. The number of carboxylic acids is 1. The molecule has 5 rings (SSSR count). The minimum atomic E-state index is -0.701. The van der Waals surface area contributed by atoms with Crippen molar-refractivity contribution in [3.05, 3.63) is 53.1 Å². The first kappa shape index (κ1) is 23.7. The lowest BCUT2D eigenvalue weighted by atomic mass is 9.40. The number of pyridine rings is 1. The molecular formula is C25H30B3FN4O2. The van der Waals surface area contributed by atoms with Crippen LogP contribution in [0.25, 0.3) is 27.8 Å². The zero-order chi connectivity index (χ0) is 25.1. The van der Waals surface area contributed by atoms with E-state index in [2.05, 4.69) is 34.7 Å². The van der Waals surface area contributed by atoms with Gasteiger partial charge in [-0.25, -0.2) is 9.37 Å². The molecule has 3 heterocycles. The number of nitrogens with zero attached hydrogens (tertiary/aromatic N) is 3. The van der Waals surface area contributed by atoms with E-state index < -0.39 is 5.97 Å². The molecular weight excluding hydrogens is 440 g/mol. The van der Waals surface area contributed by atoms with Gasteiger partial charge in [-0.3, -0.25) is 9.89 Å². The highest BCUT2D eigenvalue weighted by molar-refractivity contribution is 6.58. The Morgan fingerprint density at radius 3 is 2.54 bits per heavy atom. The van der Waals surface area contributed by atoms with Gasteiger partial charge in [0, 0.05) is 22.3 Å². The summed E-state index contributed by atoms with van der Waals surface area (Å²) in [5, 5.41) is 17.3. The molecule has 1 aliphatic rings. The number of benzene rings is 1. The van der Waals surface area contributed by atoms with Crippen molar-refractivity contribution in [1.29, 1.82) is 0 Å². The van der Waals surface area contributed by atoms with Gasteiger partial charge in [-0.1, -0.05) is 19.0 Å². The Labute approximate surface area is 206 Å². The van der Waals surface area contributed by atoms with Crippen LogP contribution in [0.15, 0.2) is 30.5 Å². The van der Waals surface area contributed by atoms with E-state index in [1.807, 2.05) is 35.7 Å². The van der Waals surface area contributed by atoms with Crippen molar-refractivity contribution in [2.75, 3.05) is 0 Å². The lowest BCUT2D eigenvalue weighted by Gasteiger charge is -2.28. The van der Waals surface area contributed by atoms with Crippen LogP contribution in [0, 0.1) is 11.7 Å². The van der Waals surface area contributed by atoms with E-state index in [0.717, 1.165) is 40.6 Å². The topological polar surface area (TPSA) is 83.8 Å². The van der Waals surface area contributed by atoms with Crippen LogP contribution < -0.4 is 0 Å². The third kappa shape index (κ3) is 4.07. The Hall–Kier alpha value is -3.03. The van der Waals surface area contributed by atoms with Crippen molar-refractivity contribution >= 4 is 51.6 Å². The minimum Gasteiger partial charge on any atom is -0.481 e. The summed E-state index contributed by atoms with van der Waals surface area (Å²) in [6, 6.07) is 7.48. The van der Waals surface area contributed by atoms with Crippen LogP contribution in [0.4, 0.5) is 4.39 Å². The number of aliphatic carboxylic acids is 1. The van der Waals surface area contributed by atoms with Gasteiger partial charge in [0.2, 0.25) is 0 Å². The molecule has 0 atom stereocenters. The standard InChI is InChI=1S/C25H30B3FN4O2/c1-12(2)22-20(13-3-5-14(6-4-13)24(34)35)21-19(9-15-11-30-32-23(15)31-21)33(22)16-7-8-18(29)17(10-16)25(26,27)28/h7-14H,3-6,26-28H2,1-2H3,(H,34,35)(H,30,31,32)/t13-,14-. The molecule has 4 aromatic rings. The van der Waals surface area contributed by atoms with Crippen molar-refractivity contribution in [3.8, 4) is 5.69 Å². The highest BCUT2D eigenvalue weighted by Crippen LogP contribution is 2.45. The fourth-order valence-corrected chi connectivity index (χ4v) is 5.71. The van der Waals surface area contributed by atoms with Crippen LogP contribution in [-0.4, -0.2) is 54.4 Å². The summed E-state index contributed by atoms with van der Waals surface area (Å²) in [5.74, 6) is -0.765. The first-order valence-electron chi connectivity index (χ1n) is 12.5. The second-order valence-corrected chi connectivity index (χ2v) is 11.3. The van der Waals surface area contributed by atoms with Gasteiger partial charge in [0.1, 0.15) is 5.82 Å². The smallest absolute Gasteiger partial charge is 0.306 e. The average molecular weight is 470 g/mol. The third-order valence-electron chi connectivity index (χ3n) is 7.47. The van der Waals surface area contributed by atoms with E-state index in [0.29, 0.717) is 18.4 Å². The van der Waals surface area contributed by atoms with E-state index in [1.165, 1.54) is 11.3 Å². The highest BCUT2D eigenvalue weighted by atomic mass is 19.1. The van der Waals surface area contributed by atoms with Crippen molar-refractivity contribution in [3.63, 3.8) is 0 Å². The Morgan fingerprint density at radius 2 is 1.91 bits per heavy atom. The maximum atomic E-state index is 14.8. The summed E-state index contributed by atoms with van der Waals surface area (Å²) in [6.07, 6.45) is 4.74. The number of hydrogen-bond acceptors (Lipinski definition) is 3. The molecule has 1 saturated carbocycles. The van der Waals surface area contributed by atoms with Gasteiger partial charge in [-0.15, -0.1) is 0 Å². The maximum absolute atomic E-state index is 14.8. The summed E-state index contributed by atoms with van der Waals surface area (Å²) in [4.78, 5) is 16.6. The van der Waals surface area contributed by atoms with Gasteiger partial charge in [0.15, 0.2) is 5.65 Å². The second-order valence-electron chi connectivity index (χ2n) is 11.3. The first-order valence-corrected chi connectivity index (χ1v) is 12.5. The Balaban J connectivity index is 1.78. The van der Waals surface area contributed by atoms with Crippen LogP contribution in [0.1, 0.15) is 68.2 Å². The van der Waals surface area contributed by atoms with E-state index in [1.54, 1.807) is 12.3 Å². The van der Waals surface area contributed by atoms with E-state index in [4.69, 9.17) is 4.98 Å².